The lowest BCUT2D eigenvalue weighted by molar-refractivity contribution is -0.137. The highest BCUT2D eigenvalue weighted by Gasteiger charge is 2.34. The number of amides is 1. The highest BCUT2D eigenvalue weighted by molar-refractivity contribution is 6.02. The Balaban J connectivity index is 1.52. The first-order chi connectivity index (χ1) is 22.0. The summed E-state index contributed by atoms with van der Waals surface area (Å²) in [4.78, 5) is 24.6. The molecule has 3 rings (SSSR count). The lowest BCUT2D eigenvalue weighted by Gasteiger charge is -2.12. The molecule has 0 aliphatic heterocycles. The first-order valence-electron chi connectivity index (χ1n) is 13.7. The smallest absolute Gasteiger partial charge is 0.417 e. The number of rotatable bonds is 14. The van der Waals surface area contributed by atoms with Gasteiger partial charge >= 0.3 is 6.18 Å². The van der Waals surface area contributed by atoms with Gasteiger partial charge in [0.05, 0.1) is 45.1 Å². The second kappa shape index (κ2) is 16.4. The zero-order valence-corrected chi connectivity index (χ0v) is 25.2. The summed E-state index contributed by atoms with van der Waals surface area (Å²) >= 11 is 0. The maximum atomic E-state index is 13.2. The molecule has 240 valence electrons. The van der Waals surface area contributed by atoms with Crippen molar-refractivity contribution in [3.63, 3.8) is 0 Å². The molecule has 0 saturated carbocycles. The maximum absolute atomic E-state index is 13.2. The van der Waals surface area contributed by atoms with Gasteiger partial charge in [-0.05, 0) is 72.2 Å². The molecule has 0 heterocycles. The molecular formula is C34H31F3N2O7. The van der Waals surface area contributed by atoms with E-state index in [9.17, 15) is 27.9 Å². The highest BCUT2D eigenvalue weighted by Crippen LogP contribution is 2.34. The lowest BCUT2D eigenvalue weighted by Crippen LogP contribution is -2.14. The van der Waals surface area contributed by atoms with Crippen LogP contribution in [0.25, 0.3) is 12.2 Å². The van der Waals surface area contributed by atoms with Gasteiger partial charge in [0.25, 0.3) is 0 Å². The van der Waals surface area contributed by atoms with Gasteiger partial charge in [0.15, 0.2) is 28.8 Å². The molecule has 0 radical (unpaired) electrons. The number of anilines is 1. The number of nitrogens with one attached hydrogen (secondary N) is 1. The summed E-state index contributed by atoms with van der Waals surface area (Å²) < 4.78 is 61.0. The fraction of sp³-hybridized carbons (Fsp3) is 0.206. The Morgan fingerprint density at radius 1 is 0.870 bits per heavy atom. The molecule has 0 aliphatic carbocycles. The molecular weight excluding hydrogens is 605 g/mol. The monoisotopic (exact) mass is 636 g/mol. The molecule has 0 unspecified atom stereocenters. The number of carbonyl (C=O) groups excluding carboxylic acids is 2. The lowest BCUT2D eigenvalue weighted by atomic mass is 10.1. The average Bonchev–Trinajstić information content (AvgIpc) is 3.04. The number of nitriles is 1. The Morgan fingerprint density at radius 3 is 2.09 bits per heavy atom. The third-order valence-electron chi connectivity index (χ3n) is 6.31. The van der Waals surface area contributed by atoms with E-state index in [1.54, 1.807) is 42.5 Å². The van der Waals surface area contributed by atoms with Crippen molar-refractivity contribution in [1.29, 1.82) is 5.26 Å². The minimum absolute atomic E-state index is 0.0313. The largest absolute Gasteiger partial charge is 0.508 e. The molecule has 0 fully saturated rings. The van der Waals surface area contributed by atoms with Crippen LogP contribution in [0.2, 0.25) is 0 Å². The molecule has 12 heteroatoms. The predicted octanol–water partition coefficient (Wildman–Crippen LogP) is 7.14. The van der Waals surface area contributed by atoms with Gasteiger partial charge in [-0.25, -0.2) is 0 Å². The van der Waals surface area contributed by atoms with Crippen LogP contribution in [-0.4, -0.2) is 44.7 Å². The molecule has 9 nitrogen and oxygen atoms in total. The standard InChI is InChI=1S/C34H31F3N2O7/c1-43-29-14-8-22(17-31(29)44-2)6-12-26(40)20-27(41)13-7-23-9-15-30(32(18-23)45-3)46-16-4-5-33(42)39-25-11-10-24(21-38)28(19-25)34(35,36)37/h6-15,17-20,40H,4-5,16H2,1-3H3,(H,39,42)/b12-6+,13-7+,26-20-. The number of benzene rings is 3. The number of alkyl halides is 3. The van der Waals surface area contributed by atoms with Crippen molar-refractivity contribution in [3.8, 4) is 29.1 Å². The number of ether oxygens (including phenoxy) is 4. The van der Waals surface area contributed by atoms with Crippen LogP contribution in [0, 0.1) is 11.3 Å². The molecule has 3 aromatic carbocycles. The van der Waals surface area contributed by atoms with Crippen molar-refractivity contribution in [3.05, 3.63) is 101 Å². The van der Waals surface area contributed by atoms with Crippen LogP contribution < -0.4 is 24.3 Å². The second-order valence-corrected chi connectivity index (χ2v) is 9.53. The van der Waals surface area contributed by atoms with E-state index >= 15 is 0 Å². The van der Waals surface area contributed by atoms with E-state index in [2.05, 4.69) is 5.32 Å². The number of halogens is 3. The number of aliphatic hydroxyl groups is 1. The zero-order valence-electron chi connectivity index (χ0n) is 25.2. The van der Waals surface area contributed by atoms with E-state index in [-0.39, 0.29) is 30.9 Å². The predicted molar refractivity (Wildman–Crippen MR) is 166 cm³/mol. The number of allylic oxidation sites excluding steroid dienone is 3. The number of aliphatic hydroxyl groups excluding tert-OH is 1. The molecule has 0 bridgehead atoms. The van der Waals surface area contributed by atoms with Gasteiger partial charge in [0, 0.05) is 18.2 Å². The highest BCUT2D eigenvalue weighted by atomic mass is 19.4. The molecule has 2 N–H and O–H groups in total. The minimum atomic E-state index is -4.73. The van der Waals surface area contributed by atoms with Gasteiger partial charge in [-0.3, -0.25) is 9.59 Å². The molecule has 0 aromatic heterocycles. The van der Waals surface area contributed by atoms with Crippen LogP contribution in [0.5, 0.6) is 23.0 Å². The summed E-state index contributed by atoms with van der Waals surface area (Å²) in [7, 11) is 4.48. The van der Waals surface area contributed by atoms with Crippen molar-refractivity contribution in [1.82, 2.24) is 0 Å². The third kappa shape index (κ3) is 10.2. The topological polar surface area (TPSA) is 127 Å². The maximum Gasteiger partial charge on any atom is 0.417 e. The average molecular weight is 637 g/mol. The van der Waals surface area contributed by atoms with E-state index < -0.39 is 29.0 Å². The molecule has 0 atom stereocenters. The van der Waals surface area contributed by atoms with Gasteiger partial charge < -0.3 is 29.4 Å². The van der Waals surface area contributed by atoms with Gasteiger partial charge in [0.1, 0.15) is 5.76 Å². The normalized spacial score (nSPS) is 11.7. The van der Waals surface area contributed by atoms with Crippen LogP contribution in [0.15, 0.2) is 78.6 Å². The Kier molecular flexibility index (Phi) is 12.4. The van der Waals surface area contributed by atoms with E-state index in [1.807, 2.05) is 0 Å². The van der Waals surface area contributed by atoms with Crippen molar-refractivity contribution in [2.75, 3.05) is 33.3 Å². The SMILES string of the molecule is COc1ccc(/C=C/C(O)=C/C(=O)/C=C/c2ccc(OCCCC(=O)Nc3ccc(C#N)c(C(F)(F)F)c3)c(OC)c2)cc1OC. The number of hydrogen-bond acceptors (Lipinski definition) is 8. The van der Waals surface area contributed by atoms with Gasteiger partial charge in [-0.15, -0.1) is 0 Å². The quantitative estimate of drug-likeness (QED) is 0.0828. The van der Waals surface area contributed by atoms with Crippen LogP contribution >= 0.6 is 0 Å². The summed E-state index contributed by atoms with van der Waals surface area (Å²) in [6, 6.07) is 14.6. The van der Waals surface area contributed by atoms with Crippen LogP contribution in [0.1, 0.15) is 35.1 Å². The summed E-state index contributed by atoms with van der Waals surface area (Å²) in [6.45, 7) is 0.111. The fourth-order valence-electron chi connectivity index (χ4n) is 4.06. The number of nitrogens with zero attached hydrogens (tertiary/aromatic N) is 1. The minimum Gasteiger partial charge on any atom is -0.508 e. The third-order valence-corrected chi connectivity index (χ3v) is 6.31. The van der Waals surface area contributed by atoms with Crippen molar-refractivity contribution >= 4 is 29.5 Å². The summed E-state index contributed by atoms with van der Waals surface area (Å²) in [6.07, 6.45) is 2.36. The first-order valence-corrected chi connectivity index (χ1v) is 13.7. The zero-order chi connectivity index (χ0) is 33.7. The second-order valence-electron chi connectivity index (χ2n) is 9.53. The number of ketones is 1. The van der Waals surface area contributed by atoms with Gasteiger partial charge in [0.2, 0.25) is 5.91 Å². The number of methoxy groups -OCH3 is 3. The molecule has 1 amide bonds. The Hall–Kier alpha value is -5.70. The van der Waals surface area contributed by atoms with Gasteiger partial charge in [-0.2, -0.15) is 18.4 Å². The summed E-state index contributed by atoms with van der Waals surface area (Å²) in [5, 5.41) is 21.4. The van der Waals surface area contributed by atoms with Crippen molar-refractivity contribution < 1.29 is 46.8 Å². The van der Waals surface area contributed by atoms with Crippen LogP contribution in [-0.2, 0) is 15.8 Å². The summed E-state index contributed by atoms with van der Waals surface area (Å²) in [5.41, 5.74) is -0.387. The van der Waals surface area contributed by atoms with E-state index in [0.717, 1.165) is 23.8 Å². The number of carbonyl (C=O) groups is 2. The van der Waals surface area contributed by atoms with Crippen molar-refractivity contribution in [2.24, 2.45) is 0 Å². The molecule has 0 spiro atoms. The molecule has 46 heavy (non-hydrogen) atoms. The van der Waals surface area contributed by atoms with E-state index in [1.165, 1.54) is 51.7 Å². The van der Waals surface area contributed by atoms with Crippen LogP contribution in [0.4, 0.5) is 18.9 Å². The van der Waals surface area contributed by atoms with Crippen LogP contribution in [0.3, 0.4) is 0 Å². The molecule has 0 saturated heterocycles. The number of hydrogen-bond donors (Lipinski definition) is 2. The molecule has 3 aromatic rings. The van der Waals surface area contributed by atoms with Crippen molar-refractivity contribution in [2.45, 2.75) is 19.0 Å². The fourth-order valence-corrected chi connectivity index (χ4v) is 4.06. The van der Waals surface area contributed by atoms with Gasteiger partial charge in [-0.1, -0.05) is 24.3 Å². The summed E-state index contributed by atoms with van der Waals surface area (Å²) in [5.74, 6) is 0.614. The Labute approximate surface area is 263 Å². The first kappa shape index (κ1) is 34.8. The van der Waals surface area contributed by atoms with E-state index in [0.29, 0.717) is 28.6 Å². The van der Waals surface area contributed by atoms with E-state index in [4.69, 9.17) is 24.2 Å². The Morgan fingerprint density at radius 2 is 1.48 bits per heavy atom. The Bertz CT molecular complexity index is 1690. The molecule has 0 aliphatic rings.